The second kappa shape index (κ2) is 6.73. The van der Waals surface area contributed by atoms with Crippen LogP contribution in [0, 0.1) is 5.92 Å². The van der Waals surface area contributed by atoms with Crippen LogP contribution in [0.5, 0.6) is 0 Å². The predicted octanol–water partition coefficient (Wildman–Crippen LogP) is 3.05. The first-order chi connectivity index (χ1) is 10.9. The molecule has 5 heteroatoms. The maximum absolute atomic E-state index is 12.0. The third kappa shape index (κ3) is 4.64. The van der Waals surface area contributed by atoms with Gasteiger partial charge in [-0.3, -0.25) is 4.79 Å². The van der Waals surface area contributed by atoms with E-state index in [0.29, 0.717) is 5.92 Å². The van der Waals surface area contributed by atoms with Crippen LogP contribution in [0.4, 0.5) is 0 Å². The van der Waals surface area contributed by atoms with Gasteiger partial charge in [0, 0.05) is 41.7 Å². The van der Waals surface area contributed by atoms with Crippen LogP contribution in [-0.2, 0) is 10.2 Å². The maximum Gasteiger partial charge on any atom is 0.244 e. The van der Waals surface area contributed by atoms with Gasteiger partial charge in [0.15, 0.2) is 0 Å². The minimum Gasteiger partial charge on any atom is -0.352 e. The zero-order valence-corrected chi connectivity index (χ0v) is 15.2. The standard InChI is InChI=1S/C18H27N3OS/c1-18(2,3)17-20-11-15(23-17)6-7-16(22)19-10-13-8-9-21(12-13)14-4-5-14/h6-7,11,13-14H,4-5,8-10,12H2,1-3H3,(H,19,22)/b7-6+/t13-/m1/s1. The lowest BCUT2D eigenvalue weighted by Crippen LogP contribution is -2.30. The van der Waals surface area contributed by atoms with Crippen molar-refractivity contribution in [2.45, 2.75) is 51.5 Å². The molecule has 2 fully saturated rings. The first-order valence-electron chi connectivity index (χ1n) is 8.58. The Balaban J connectivity index is 1.43. The quantitative estimate of drug-likeness (QED) is 0.843. The van der Waals surface area contributed by atoms with Gasteiger partial charge in [-0.1, -0.05) is 20.8 Å². The van der Waals surface area contributed by atoms with Crippen molar-refractivity contribution in [2.75, 3.05) is 19.6 Å². The Morgan fingerprint density at radius 3 is 2.87 bits per heavy atom. The van der Waals surface area contributed by atoms with E-state index in [4.69, 9.17) is 0 Å². The molecule has 2 heterocycles. The molecule has 4 nitrogen and oxygen atoms in total. The minimum absolute atomic E-state index is 0.000538. The number of hydrogen-bond acceptors (Lipinski definition) is 4. The molecule has 1 aliphatic heterocycles. The van der Waals surface area contributed by atoms with Crippen LogP contribution in [0.2, 0.25) is 0 Å². The van der Waals surface area contributed by atoms with E-state index in [2.05, 4.69) is 36.0 Å². The van der Waals surface area contributed by atoms with Crippen molar-refractivity contribution in [1.82, 2.24) is 15.2 Å². The van der Waals surface area contributed by atoms with Crippen LogP contribution < -0.4 is 5.32 Å². The lowest BCUT2D eigenvalue weighted by Gasteiger charge is -2.14. The summed E-state index contributed by atoms with van der Waals surface area (Å²) in [6.45, 7) is 9.61. The largest absolute Gasteiger partial charge is 0.352 e. The molecule has 0 radical (unpaired) electrons. The lowest BCUT2D eigenvalue weighted by atomic mass is 9.98. The van der Waals surface area contributed by atoms with Gasteiger partial charge in [0.1, 0.15) is 0 Å². The molecule has 1 N–H and O–H groups in total. The fourth-order valence-corrected chi connectivity index (χ4v) is 3.85. The average Bonchev–Trinajstić information content (AvgIpc) is 3.04. The van der Waals surface area contributed by atoms with Crippen LogP contribution in [0.3, 0.4) is 0 Å². The topological polar surface area (TPSA) is 45.2 Å². The highest BCUT2D eigenvalue weighted by atomic mass is 32.1. The second-order valence-electron chi connectivity index (χ2n) is 7.78. The summed E-state index contributed by atoms with van der Waals surface area (Å²) < 4.78 is 0. The first-order valence-corrected chi connectivity index (χ1v) is 9.40. The molecule has 0 unspecified atom stereocenters. The fraction of sp³-hybridized carbons (Fsp3) is 0.667. The molecule has 2 aliphatic rings. The smallest absolute Gasteiger partial charge is 0.244 e. The third-order valence-corrected chi connectivity index (χ3v) is 5.90. The number of rotatable bonds is 5. The van der Waals surface area contributed by atoms with Crippen LogP contribution in [0.1, 0.15) is 49.9 Å². The van der Waals surface area contributed by atoms with Gasteiger partial charge in [-0.2, -0.15) is 0 Å². The van der Waals surface area contributed by atoms with E-state index >= 15 is 0 Å². The van der Waals surface area contributed by atoms with Gasteiger partial charge in [-0.15, -0.1) is 11.3 Å². The summed E-state index contributed by atoms with van der Waals surface area (Å²) in [4.78, 5) is 20.0. The molecule has 1 atom stereocenters. The summed E-state index contributed by atoms with van der Waals surface area (Å²) in [7, 11) is 0. The van der Waals surface area contributed by atoms with Crippen LogP contribution in [-0.4, -0.2) is 41.5 Å². The van der Waals surface area contributed by atoms with Crippen molar-refractivity contribution >= 4 is 23.3 Å². The molecule has 1 aliphatic carbocycles. The molecule has 0 aromatic carbocycles. The van der Waals surface area contributed by atoms with Gasteiger partial charge < -0.3 is 10.2 Å². The Morgan fingerprint density at radius 2 is 2.22 bits per heavy atom. The Kier molecular flexibility index (Phi) is 4.87. The van der Waals surface area contributed by atoms with E-state index in [9.17, 15) is 4.79 Å². The van der Waals surface area contributed by atoms with Crippen LogP contribution in [0.25, 0.3) is 6.08 Å². The number of likely N-dealkylation sites (tertiary alicyclic amines) is 1. The number of nitrogens with zero attached hydrogens (tertiary/aromatic N) is 2. The number of aromatic nitrogens is 1. The highest BCUT2D eigenvalue weighted by molar-refractivity contribution is 7.12. The monoisotopic (exact) mass is 333 g/mol. The molecule has 1 aromatic rings. The molecular weight excluding hydrogens is 306 g/mol. The molecule has 23 heavy (non-hydrogen) atoms. The predicted molar refractivity (Wildman–Crippen MR) is 95.6 cm³/mol. The summed E-state index contributed by atoms with van der Waals surface area (Å²) in [5, 5.41) is 4.14. The van der Waals surface area contributed by atoms with Gasteiger partial charge in [-0.05, 0) is 37.8 Å². The number of thiazole rings is 1. The number of nitrogens with one attached hydrogen (secondary N) is 1. The van der Waals surface area contributed by atoms with E-state index in [-0.39, 0.29) is 11.3 Å². The molecular formula is C18H27N3OS. The molecule has 1 aromatic heterocycles. The fourth-order valence-electron chi connectivity index (χ4n) is 2.97. The molecule has 126 valence electrons. The Morgan fingerprint density at radius 1 is 1.43 bits per heavy atom. The van der Waals surface area contributed by atoms with E-state index in [0.717, 1.165) is 29.0 Å². The molecule has 0 spiro atoms. The maximum atomic E-state index is 12.0. The van der Waals surface area contributed by atoms with Crippen molar-refractivity contribution in [2.24, 2.45) is 5.92 Å². The number of carbonyl (C=O) groups is 1. The number of amides is 1. The van der Waals surface area contributed by atoms with Crippen molar-refractivity contribution in [3.63, 3.8) is 0 Å². The van der Waals surface area contributed by atoms with E-state index in [1.54, 1.807) is 17.4 Å². The third-order valence-electron chi connectivity index (χ3n) is 4.51. The summed E-state index contributed by atoms with van der Waals surface area (Å²) in [5.41, 5.74) is 0.0644. The number of carbonyl (C=O) groups excluding carboxylic acids is 1. The Labute approximate surface area is 143 Å². The van der Waals surface area contributed by atoms with Gasteiger partial charge in [0.2, 0.25) is 5.91 Å². The zero-order valence-electron chi connectivity index (χ0n) is 14.3. The van der Waals surface area contributed by atoms with Gasteiger partial charge in [0.25, 0.3) is 0 Å². The first kappa shape index (κ1) is 16.7. The average molecular weight is 334 g/mol. The van der Waals surface area contributed by atoms with E-state index < -0.39 is 0 Å². The van der Waals surface area contributed by atoms with Crippen LogP contribution >= 0.6 is 11.3 Å². The van der Waals surface area contributed by atoms with Crippen molar-refractivity contribution < 1.29 is 4.79 Å². The normalized spacial score (nSPS) is 22.8. The molecule has 0 bridgehead atoms. The molecule has 3 rings (SSSR count). The van der Waals surface area contributed by atoms with E-state index in [1.165, 1.54) is 25.8 Å². The Bertz CT molecular complexity index is 583. The van der Waals surface area contributed by atoms with Crippen molar-refractivity contribution in [1.29, 1.82) is 0 Å². The summed E-state index contributed by atoms with van der Waals surface area (Å²) in [6, 6.07) is 0.846. The summed E-state index contributed by atoms with van der Waals surface area (Å²) in [5.74, 6) is 0.615. The lowest BCUT2D eigenvalue weighted by molar-refractivity contribution is -0.116. The summed E-state index contributed by atoms with van der Waals surface area (Å²) in [6.07, 6.45) is 9.30. The zero-order chi connectivity index (χ0) is 16.4. The second-order valence-corrected chi connectivity index (χ2v) is 8.84. The van der Waals surface area contributed by atoms with Gasteiger partial charge in [0.05, 0.1) is 5.01 Å². The van der Waals surface area contributed by atoms with Crippen LogP contribution in [0.15, 0.2) is 12.3 Å². The highest BCUT2D eigenvalue weighted by Crippen LogP contribution is 2.31. The molecule has 1 amide bonds. The minimum atomic E-state index is 0.000538. The SMILES string of the molecule is CC(C)(C)c1ncc(/C=C/C(=O)NC[C@H]2CCN(C3CC3)C2)s1. The number of hydrogen-bond donors (Lipinski definition) is 1. The van der Waals surface area contributed by atoms with E-state index in [1.807, 2.05) is 12.3 Å². The van der Waals surface area contributed by atoms with Crippen molar-refractivity contribution in [3.05, 3.63) is 22.2 Å². The molecule has 1 saturated carbocycles. The van der Waals surface area contributed by atoms with Gasteiger partial charge in [-0.25, -0.2) is 4.98 Å². The highest BCUT2D eigenvalue weighted by Gasteiger charge is 2.34. The van der Waals surface area contributed by atoms with Crippen molar-refractivity contribution in [3.8, 4) is 0 Å². The summed E-state index contributed by atoms with van der Waals surface area (Å²) >= 11 is 1.65. The van der Waals surface area contributed by atoms with Gasteiger partial charge >= 0.3 is 0 Å². The molecule has 1 saturated heterocycles. The Hall–Kier alpha value is -1.20.